The van der Waals surface area contributed by atoms with E-state index < -0.39 is 17.5 Å². The highest BCUT2D eigenvalue weighted by molar-refractivity contribution is 5.86. The number of ether oxygens (including phenoxy) is 2. The van der Waals surface area contributed by atoms with Crippen molar-refractivity contribution in [3.8, 4) is 0 Å². The number of amides is 2. The second-order valence-electron chi connectivity index (χ2n) is 4.89. The van der Waals surface area contributed by atoms with Crippen LogP contribution in [-0.2, 0) is 14.3 Å². The summed E-state index contributed by atoms with van der Waals surface area (Å²) < 4.78 is 10.4. The van der Waals surface area contributed by atoms with Gasteiger partial charge in [0.15, 0.2) is 0 Å². The van der Waals surface area contributed by atoms with Crippen LogP contribution in [0.25, 0.3) is 0 Å². The van der Waals surface area contributed by atoms with Crippen molar-refractivity contribution in [1.82, 2.24) is 10.6 Å². The Morgan fingerprint density at radius 3 is 2.60 bits per heavy atom. The van der Waals surface area contributed by atoms with Crippen LogP contribution >= 0.6 is 0 Å². The molecule has 7 nitrogen and oxygen atoms in total. The Kier molecular flexibility index (Phi) is 6.47. The number of rotatable bonds is 7. The quantitative estimate of drug-likeness (QED) is 0.468. The van der Waals surface area contributed by atoms with Crippen molar-refractivity contribution in [3.63, 3.8) is 0 Å². The van der Waals surface area contributed by atoms with Gasteiger partial charge in [-0.3, -0.25) is 0 Å². The average Bonchev–Trinajstić information content (AvgIpc) is 2.38. The molecule has 0 atom stereocenters. The minimum atomic E-state index is -1.24. The average molecular weight is 286 g/mol. The number of hydrogen-bond donors (Lipinski definition) is 3. The van der Waals surface area contributed by atoms with Gasteiger partial charge in [-0.25, -0.2) is 9.59 Å². The fraction of sp³-hybridized carbons (Fsp3) is 0.692. The summed E-state index contributed by atoms with van der Waals surface area (Å²) in [6.07, 6.45) is 0.532. The first kappa shape index (κ1) is 16.5. The molecule has 0 aromatic heterocycles. The van der Waals surface area contributed by atoms with Gasteiger partial charge in [0.05, 0.1) is 13.2 Å². The van der Waals surface area contributed by atoms with Gasteiger partial charge in [0, 0.05) is 32.6 Å². The molecule has 1 saturated heterocycles. The largest absolute Gasteiger partial charge is 0.480 e. The number of hydrogen-bond acceptors (Lipinski definition) is 4. The van der Waals surface area contributed by atoms with E-state index in [9.17, 15) is 14.7 Å². The summed E-state index contributed by atoms with van der Waals surface area (Å²) in [5.41, 5.74) is -0.331. The van der Waals surface area contributed by atoms with Gasteiger partial charge in [0.25, 0.3) is 0 Å². The van der Waals surface area contributed by atoms with Crippen molar-refractivity contribution in [2.45, 2.75) is 25.3 Å². The zero-order chi connectivity index (χ0) is 15.0. The maximum absolute atomic E-state index is 11.7. The van der Waals surface area contributed by atoms with Crippen molar-refractivity contribution in [3.05, 3.63) is 12.2 Å². The molecule has 1 rings (SSSR count). The molecule has 7 heteroatoms. The van der Waals surface area contributed by atoms with Gasteiger partial charge in [-0.1, -0.05) is 12.2 Å². The highest BCUT2D eigenvalue weighted by Crippen LogP contribution is 2.20. The number of aliphatic carboxylic acids is 1. The molecule has 20 heavy (non-hydrogen) atoms. The third kappa shape index (κ3) is 5.18. The van der Waals surface area contributed by atoms with Crippen LogP contribution < -0.4 is 10.6 Å². The zero-order valence-corrected chi connectivity index (χ0v) is 11.7. The molecule has 3 N–H and O–H groups in total. The topological polar surface area (TPSA) is 96.9 Å². The summed E-state index contributed by atoms with van der Waals surface area (Å²) in [6, 6.07) is -0.506. The van der Waals surface area contributed by atoms with E-state index in [1.54, 1.807) is 0 Å². The van der Waals surface area contributed by atoms with E-state index in [2.05, 4.69) is 17.2 Å². The minimum absolute atomic E-state index is 0.266. The van der Waals surface area contributed by atoms with Crippen LogP contribution in [0, 0.1) is 0 Å². The maximum Gasteiger partial charge on any atom is 0.329 e. The van der Waals surface area contributed by atoms with Crippen molar-refractivity contribution < 1.29 is 24.2 Å². The monoisotopic (exact) mass is 286 g/mol. The number of carbonyl (C=O) groups excluding carboxylic acids is 1. The molecule has 0 radical (unpaired) electrons. The second kappa shape index (κ2) is 7.86. The van der Waals surface area contributed by atoms with Gasteiger partial charge >= 0.3 is 12.0 Å². The second-order valence-corrected chi connectivity index (χ2v) is 4.89. The fourth-order valence-corrected chi connectivity index (χ4v) is 1.86. The lowest BCUT2D eigenvalue weighted by atomic mass is 9.90. The van der Waals surface area contributed by atoms with Crippen LogP contribution in [0.1, 0.15) is 19.8 Å². The Bertz CT molecular complexity index is 364. The lowest BCUT2D eigenvalue weighted by Crippen LogP contribution is -2.59. The summed E-state index contributed by atoms with van der Waals surface area (Å²) in [7, 11) is 0. The standard InChI is InChI=1S/C13H22N2O5/c1-10(2)9-20-8-5-14-12(18)15-13(11(16)17)3-6-19-7-4-13/h1,3-9H2,2H3,(H,16,17)(H2,14,15,18). The Morgan fingerprint density at radius 1 is 1.40 bits per heavy atom. The maximum atomic E-state index is 11.7. The van der Waals surface area contributed by atoms with Crippen LogP contribution in [0.2, 0.25) is 0 Å². The minimum Gasteiger partial charge on any atom is -0.480 e. The molecule has 0 aromatic carbocycles. The van der Waals surface area contributed by atoms with Gasteiger partial charge in [0.2, 0.25) is 0 Å². The van der Waals surface area contributed by atoms with Crippen molar-refractivity contribution in [2.75, 3.05) is 33.0 Å². The Balaban J connectivity index is 2.32. The molecule has 1 aliphatic rings. The first-order valence-corrected chi connectivity index (χ1v) is 6.55. The molecule has 0 aliphatic carbocycles. The van der Waals surface area contributed by atoms with Crippen LogP contribution in [0.5, 0.6) is 0 Å². The number of carboxylic acid groups (broad SMARTS) is 1. The summed E-state index contributed by atoms with van der Waals surface area (Å²) in [5.74, 6) is -1.03. The van der Waals surface area contributed by atoms with Crippen LogP contribution in [0.4, 0.5) is 4.79 Å². The van der Waals surface area contributed by atoms with Gasteiger partial charge in [-0.05, 0) is 6.92 Å². The SMILES string of the molecule is C=C(C)COCCNC(=O)NC1(C(=O)O)CCOCC1. The van der Waals surface area contributed by atoms with Crippen LogP contribution in [0.3, 0.4) is 0 Å². The van der Waals surface area contributed by atoms with Gasteiger partial charge < -0.3 is 25.2 Å². The summed E-state index contributed by atoms with van der Waals surface area (Å²) in [4.78, 5) is 23.0. The van der Waals surface area contributed by atoms with Crippen LogP contribution in [0.15, 0.2) is 12.2 Å². The Labute approximate surface area is 118 Å². The molecule has 0 saturated carbocycles. The molecule has 0 bridgehead atoms. The first-order chi connectivity index (χ1) is 9.46. The molecule has 1 aliphatic heterocycles. The van der Waals surface area contributed by atoms with Gasteiger partial charge in [0.1, 0.15) is 5.54 Å². The van der Waals surface area contributed by atoms with E-state index >= 15 is 0 Å². The third-order valence-corrected chi connectivity index (χ3v) is 2.99. The molecule has 1 fully saturated rings. The lowest BCUT2D eigenvalue weighted by Gasteiger charge is -2.33. The predicted molar refractivity (Wildman–Crippen MR) is 72.6 cm³/mol. The van der Waals surface area contributed by atoms with E-state index in [1.807, 2.05) is 6.92 Å². The van der Waals surface area contributed by atoms with E-state index in [1.165, 1.54) is 0 Å². The number of nitrogens with one attached hydrogen (secondary N) is 2. The molecule has 2 amide bonds. The molecule has 0 aromatic rings. The summed E-state index contributed by atoms with van der Waals surface area (Å²) in [5, 5.41) is 14.4. The molecule has 0 unspecified atom stereocenters. The number of carbonyl (C=O) groups is 2. The molecule has 0 spiro atoms. The molecular formula is C13H22N2O5. The van der Waals surface area contributed by atoms with Gasteiger partial charge in [-0.15, -0.1) is 0 Å². The third-order valence-electron chi connectivity index (χ3n) is 2.99. The zero-order valence-electron chi connectivity index (χ0n) is 11.7. The van der Waals surface area contributed by atoms with E-state index in [4.69, 9.17) is 9.47 Å². The summed E-state index contributed by atoms with van der Waals surface area (Å²) in [6.45, 7) is 7.30. The summed E-state index contributed by atoms with van der Waals surface area (Å²) >= 11 is 0. The van der Waals surface area contributed by atoms with Gasteiger partial charge in [-0.2, -0.15) is 0 Å². The highest BCUT2D eigenvalue weighted by Gasteiger charge is 2.41. The van der Waals surface area contributed by atoms with Crippen molar-refractivity contribution >= 4 is 12.0 Å². The first-order valence-electron chi connectivity index (χ1n) is 6.55. The smallest absolute Gasteiger partial charge is 0.329 e. The highest BCUT2D eigenvalue weighted by atomic mass is 16.5. The Hall–Kier alpha value is -1.60. The Morgan fingerprint density at radius 2 is 2.05 bits per heavy atom. The van der Waals surface area contributed by atoms with Crippen molar-refractivity contribution in [1.29, 1.82) is 0 Å². The number of carboxylic acids is 1. The van der Waals surface area contributed by atoms with E-state index in [0.717, 1.165) is 5.57 Å². The van der Waals surface area contributed by atoms with E-state index in [0.29, 0.717) is 33.0 Å². The number of urea groups is 1. The lowest BCUT2D eigenvalue weighted by molar-refractivity contribution is -0.148. The molecule has 114 valence electrons. The van der Waals surface area contributed by atoms with Crippen LogP contribution in [-0.4, -0.2) is 55.6 Å². The molecule has 1 heterocycles. The predicted octanol–water partition coefficient (Wildman–Crippen LogP) is 0.512. The fourth-order valence-electron chi connectivity index (χ4n) is 1.86. The van der Waals surface area contributed by atoms with E-state index in [-0.39, 0.29) is 12.8 Å². The normalized spacial score (nSPS) is 17.2. The molecular weight excluding hydrogens is 264 g/mol. The van der Waals surface area contributed by atoms with Crippen molar-refractivity contribution in [2.24, 2.45) is 0 Å².